The average Bonchev–Trinajstić information content (AvgIpc) is 2.92. The van der Waals surface area contributed by atoms with Gasteiger partial charge in [-0.25, -0.2) is 18.5 Å². The third-order valence-electron chi connectivity index (χ3n) is 5.68. The summed E-state index contributed by atoms with van der Waals surface area (Å²) in [7, 11) is 0. The maximum atomic E-state index is 15.4. The second-order valence-corrected chi connectivity index (χ2v) is 9.76. The summed E-state index contributed by atoms with van der Waals surface area (Å²) in [6.07, 6.45) is 2.90. The molecule has 206 valence electrons. The van der Waals surface area contributed by atoms with Crippen molar-refractivity contribution in [1.82, 2.24) is 0 Å². The van der Waals surface area contributed by atoms with Gasteiger partial charge in [-0.3, -0.25) is 14.4 Å². The quantitative estimate of drug-likeness (QED) is 0.147. The van der Waals surface area contributed by atoms with Gasteiger partial charge in [0.25, 0.3) is 11.8 Å². The van der Waals surface area contributed by atoms with Crippen LogP contribution in [-0.4, -0.2) is 42.7 Å². The Morgan fingerprint density at radius 1 is 1.05 bits per heavy atom. The molecule has 2 aromatic rings. The minimum atomic E-state index is -1.01. The second kappa shape index (κ2) is 14.0. The fourth-order valence-electron chi connectivity index (χ4n) is 3.92. The van der Waals surface area contributed by atoms with Gasteiger partial charge in [-0.15, -0.1) is 11.8 Å². The summed E-state index contributed by atoms with van der Waals surface area (Å²) in [5, 5.41) is -0.0540. The van der Waals surface area contributed by atoms with Gasteiger partial charge in [0.1, 0.15) is 18.2 Å². The number of carbonyl (C=O) groups is 4. The predicted molar refractivity (Wildman–Crippen MR) is 144 cm³/mol. The minimum absolute atomic E-state index is 0.00450. The van der Waals surface area contributed by atoms with Gasteiger partial charge in [0, 0.05) is 21.6 Å². The Morgan fingerprint density at radius 2 is 1.77 bits per heavy atom. The highest BCUT2D eigenvalue weighted by Gasteiger charge is 2.34. The van der Waals surface area contributed by atoms with Crippen LogP contribution in [-0.2, 0) is 23.9 Å². The maximum Gasteiger partial charge on any atom is 0.334 e. The molecular weight excluding hydrogens is 552 g/mol. The van der Waals surface area contributed by atoms with Crippen molar-refractivity contribution in [3.05, 3.63) is 82.4 Å². The standard InChI is InChI=1S/C28H26ClF2NO6S/c1-3-12-38-28(36)20-11-6-5-10-19(20)27(35)32(26(34)17-8-7-9-18(30)13-17)23-15-24(21(29)14-22(23)31)39-16-25(33)37-4-2/h3,7-9,13-15H,1,4-6,10-12,16H2,2H3. The molecule has 2 amide bonds. The lowest BCUT2D eigenvalue weighted by atomic mass is 9.90. The number of benzene rings is 2. The van der Waals surface area contributed by atoms with E-state index in [1.165, 1.54) is 18.2 Å². The SMILES string of the molecule is C=CCOC(=O)C1=C(C(=O)N(C(=O)c2cccc(F)c2)c2cc(SCC(=O)OCC)c(Cl)cc2F)CCCC1. The first kappa shape index (κ1) is 30.0. The van der Waals surface area contributed by atoms with Crippen molar-refractivity contribution in [2.75, 3.05) is 23.9 Å². The summed E-state index contributed by atoms with van der Waals surface area (Å²) in [5.41, 5.74) is -0.612. The van der Waals surface area contributed by atoms with Gasteiger partial charge in [0.2, 0.25) is 0 Å². The molecule has 0 atom stereocenters. The molecule has 39 heavy (non-hydrogen) atoms. The van der Waals surface area contributed by atoms with Crippen LogP contribution in [0.5, 0.6) is 0 Å². The zero-order valence-corrected chi connectivity index (χ0v) is 22.7. The van der Waals surface area contributed by atoms with Crippen LogP contribution in [0.25, 0.3) is 0 Å². The van der Waals surface area contributed by atoms with E-state index >= 15 is 4.39 Å². The highest BCUT2D eigenvalue weighted by molar-refractivity contribution is 8.00. The zero-order valence-electron chi connectivity index (χ0n) is 21.1. The van der Waals surface area contributed by atoms with E-state index in [1.54, 1.807) is 6.92 Å². The van der Waals surface area contributed by atoms with Crippen molar-refractivity contribution < 1.29 is 37.4 Å². The molecule has 0 N–H and O–H groups in total. The van der Waals surface area contributed by atoms with Crippen LogP contribution < -0.4 is 4.90 Å². The van der Waals surface area contributed by atoms with Gasteiger partial charge in [0.15, 0.2) is 0 Å². The van der Waals surface area contributed by atoms with Crippen molar-refractivity contribution in [2.45, 2.75) is 37.5 Å². The first-order valence-electron chi connectivity index (χ1n) is 12.1. The molecule has 0 spiro atoms. The third kappa shape index (κ3) is 7.54. The number of hydrogen-bond donors (Lipinski definition) is 0. The van der Waals surface area contributed by atoms with E-state index in [4.69, 9.17) is 21.1 Å². The lowest BCUT2D eigenvalue weighted by Gasteiger charge is -2.26. The van der Waals surface area contributed by atoms with E-state index in [9.17, 15) is 23.6 Å². The molecule has 0 heterocycles. The summed E-state index contributed by atoms with van der Waals surface area (Å²) in [5.74, 6) is -5.14. The molecule has 1 aliphatic rings. The first-order chi connectivity index (χ1) is 18.7. The Hall–Kier alpha value is -3.50. The second-order valence-electron chi connectivity index (χ2n) is 8.34. The van der Waals surface area contributed by atoms with E-state index in [1.807, 2.05) is 0 Å². The number of carbonyl (C=O) groups excluding carboxylic acids is 4. The number of anilines is 1. The van der Waals surface area contributed by atoms with Crippen LogP contribution in [0.2, 0.25) is 5.02 Å². The van der Waals surface area contributed by atoms with Crippen molar-refractivity contribution in [2.24, 2.45) is 0 Å². The molecule has 3 rings (SSSR count). The van der Waals surface area contributed by atoms with E-state index in [2.05, 4.69) is 6.58 Å². The van der Waals surface area contributed by atoms with E-state index in [0.717, 1.165) is 36.0 Å². The number of nitrogens with zero attached hydrogens (tertiary/aromatic N) is 1. The van der Waals surface area contributed by atoms with Crippen molar-refractivity contribution in [3.63, 3.8) is 0 Å². The van der Waals surface area contributed by atoms with Crippen LogP contribution >= 0.6 is 23.4 Å². The highest BCUT2D eigenvalue weighted by atomic mass is 35.5. The molecule has 1 aliphatic carbocycles. The summed E-state index contributed by atoms with van der Waals surface area (Å²) < 4.78 is 39.4. The molecule has 2 aromatic carbocycles. The number of imide groups is 1. The van der Waals surface area contributed by atoms with E-state index < -0.39 is 41.1 Å². The molecule has 0 bridgehead atoms. The minimum Gasteiger partial charge on any atom is -0.465 e. The monoisotopic (exact) mass is 577 g/mol. The van der Waals surface area contributed by atoms with Gasteiger partial charge in [-0.2, -0.15) is 0 Å². The summed E-state index contributed by atoms with van der Waals surface area (Å²) in [6.45, 7) is 5.23. The Bertz CT molecular complexity index is 1330. The van der Waals surface area contributed by atoms with E-state index in [-0.39, 0.29) is 58.4 Å². The summed E-state index contributed by atoms with van der Waals surface area (Å²) in [6, 6.07) is 6.68. The number of thioether (sulfide) groups is 1. The normalized spacial score (nSPS) is 13.0. The zero-order chi connectivity index (χ0) is 28.5. The molecule has 11 heteroatoms. The number of amides is 2. The number of esters is 2. The molecule has 0 saturated carbocycles. The third-order valence-corrected chi connectivity index (χ3v) is 7.13. The van der Waals surface area contributed by atoms with Gasteiger partial charge in [0.05, 0.1) is 23.1 Å². The van der Waals surface area contributed by atoms with Crippen molar-refractivity contribution >= 4 is 52.8 Å². The van der Waals surface area contributed by atoms with Gasteiger partial charge in [-0.1, -0.05) is 30.3 Å². The lowest BCUT2D eigenvalue weighted by Crippen LogP contribution is -2.40. The molecule has 7 nitrogen and oxygen atoms in total. The molecule has 0 aliphatic heterocycles. The van der Waals surface area contributed by atoms with Crippen LogP contribution in [0.4, 0.5) is 14.5 Å². The molecular formula is C28H26ClF2NO6S. The predicted octanol–water partition coefficient (Wildman–Crippen LogP) is 6.05. The Balaban J connectivity index is 2.14. The fraction of sp³-hybridized carbons (Fsp3) is 0.286. The van der Waals surface area contributed by atoms with E-state index in [0.29, 0.717) is 17.7 Å². The van der Waals surface area contributed by atoms with Crippen LogP contribution in [0.3, 0.4) is 0 Å². The molecule has 0 unspecified atom stereocenters. The van der Waals surface area contributed by atoms with Crippen LogP contribution in [0.1, 0.15) is 43.0 Å². The first-order valence-corrected chi connectivity index (χ1v) is 13.5. The average molecular weight is 578 g/mol. The van der Waals surface area contributed by atoms with Gasteiger partial charge < -0.3 is 9.47 Å². The number of rotatable bonds is 10. The summed E-state index contributed by atoms with van der Waals surface area (Å²) in [4.78, 5) is 52.9. The van der Waals surface area contributed by atoms with Gasteiger partial charge in [-0.05, 0) is 62.9 Å². The maximum absolute atomic E-state index is 15.4. The number of ether oxygens (including phenoxy) is 2. The Labute approximate surface area is 233 Å². The lowest BCUT2D eigenvalue weighted by molar-refractivity contribution is -0.140. The Kier molecular flexibility index (Phi) is 10.8. The Morgan fingerprint density at radius 3 is 2.44 bits per heavy atom. The topological polar surface area (TPSA) is 90.0 Å². The molecule has 0 radical (unpaired) electrons. The smallest absolute Gasteiger partial charge is 0.334 e. The van der Waals surface area contributed by atoms with Crippen molar-refractivity contribution in [1.29, 1.82) is 0 Å². The molecule has 0 aromatic heterocycles. The highest BCUT2D eigenvalue weighted by Crippen LogP contribution is 2.36. The van der Waals surface area contributed by atoms with Crippen molar-refractivity contribution in [3.8, 4) is 0 Å². The molecule has 0 saturated heterocycles. The van der Waals surface area contributed by atoms with Crippen LogP contribution in [0.15, 0.2) is 65.1 Å². The van der Waals surface area contributed by atoms with Gasteiger partial charge >= 0.3 is 11.9 Å². The van der Waals surface area contributed by atoms with Crippen LogP contribution in [0, 0.1) is 11.6 Å². The summed E-state index contributed by atoms with van der Waals surface area (Å²) >= 11 is 7.13. The number of halogens is 3. The largest absolute Gasteiger partial charge is 0.465 e. The molecule has 0 fully saturated rings. The fourth-order valence-corrected chi connectivity index (χ4v) is 4.99. The number of hydrogen-bond acceptors (Lipinski definition) is 7.